The first-order chi connectivity index (χ1) is 9.83. The monoisotopic (exact) mass is 268 g/mol. The molecule has 2 aliphatic carbocycles. The molecule has 0 spiro atoms. The van der Waals surface area contributed by atoms with Crippen LogP contribution in [0.15, 0.2) is 36.4 Å². The number of carbonyl (C=O) groups excluding carboxylic acids is 1. The normalized spacial score (nSPS) is 31.2. The van der Waals surface area contributed by atoms with E-state index in [2.05, 4.69) is 35.7 Å². The van der Waals surface area contributed by atoms with Gasteiger partial charge in [-0.3, -0.25) is 4.79 Å². The van der Waals surface area contributed by atoms with Crippen LogP contribution in [0, 0.1) is 17.8 Å². The van der Waals surface area contributed by atoms with E-state index < -0.39 is 0 Å². The number of benzene rings is 1. The van der Waals surface area contributed by atoms with Gasteiger partial charge in [0.1, 0.15) is 0 Å². The third-order valence-corrected chi connectivity index (χ3v) is 4.97. The Hall–Kier alpha value is -1.61. The lowest BCUT2D eigenvalue weighted by Gasteiger charge is -2.28. The van der Waals surface area contributed by atoms with E-state index in [1.165, 1.54) is 12.0 Å². The largest absolute Gasteiger partial charge is 0.311 e. The van der Waals surface area contributed by atoms with Crippen LogP contribution < -0.4 is 10.2 Å². The van der Waals surface area contributed by atoms with Gasteiger partial charge >= 0.3 is 0 Å². The fourth-order valence-electron chi connectivity index (χ4n) is 3.95. The van der Waals surface area contributed by atoms with Crippen LogP contribution in [0.5, 0.6) is 0 Å². The van der Waals surface area contributed by atoms with Gasteiger partial charge in [0.2, 0.25) is 5.91 Å². The van der Waals surface area contributed by atoms with Gasteiger partial charge in [-0.1, -0.05) is 30.4 Å². The molecule has 1 N–H and O–H groups in total. The van der Waals surface area contributed by atoms with Crippen LogP contribution in [0.25, 0.3) is 0 Å². The van der Waals surface area contributed by atoms with Crippen LogP contribution in [0.2, 0.25) is 0 Å². The average molecular weight is 268 g/mol. The highest BCUT2D eigenvalue weighted by Crippen LogP contribution is 2.44. The minimum Gasteiger partial charge on any atom is -0.311 e. The molecule has 3 unspecified atom stereocenters. The molecule has 0 aromatic heterocycles. The maximum Gasteiger partial charge on any atom is 0.230 e. The maximum atomic E-state index is 13.0. The van der Waals surface area contributed by atoms with E-state index in [1.807, 2.05) is 11.0 Å². The lowest BCUT2D eigenvalue weighted by molar-refractivity contribution is -0.123. The number of hydrogen-bond acceptors (Lipinski definition) is 2. The van der Waals surface area contributed by atoms with Crippen LogP contribution in [0.1, 0.15) is 18.4 Å². The molecule has 104 valence electrons. The van der Waals surface area contributed by atoms with E-state index in [0.29, 0.717) is 17.7 Å². The number of para-hydroxylation sites is 1. The number of carbonyl (C=O) groups is 1. The van der Waals surface area contributed by atoms with Gasteiger partial charge < -0.3 is 10.2 Å². The number of nitrogens with one attached hydrogen (secondary N) is 1. The molecule has 0 saturated heterocycles. The Labute approximate surface area is 119 Å². The van der Waals surface area contributed by atoms with E-state index in [-0.39, 0.29) is 5.92 Å². The number of amides is 1. The molecule has 3 heteroatoms. The third kappa shape index (κ3) is 1.88. The number of nitrogens with zero attached hydrogens (tertiary/aromatic N) is 1. The van der Waals surface area contributed by atoms with Crippen molar-refractivity contribution in [3.8, 4) is 0 Å². The molecule has 4 rings (SSSR count). The summed E-state index contributed by atoms with van der Waals surface area (Å²) in [7, 11) is 0. The maximum absolute atomic E-state index is 13.0. The summed E-state index contributed by atoms with van der Waals surface area (Å²) in [4.78, 5) is 15.0. The molecule has 0 radical (unpaired) electrons. The molecule has 1 amide bonds. The smallest absolute Gasteiger partial charge is 0.230 e. The van der Waals surface area contributed by atoms with E-state index >= 15 is 0 Å². The van der Waals surface area contributed by atoms with Gasteiger partial charge in [-0.05, 0) is 36.3 Å². The van der Waals surface area contributed by atoms with Gasteiger partial charge in [-0.2, -0.15) is 0 Å². The summed E-state index contributed by atoms with van der Waals surface area (Å²) in [6, 6.07) is 8.29. The van der Waals surface area contributed by atoms with Gasteiger partial charge in [-0.15, -0.1) is 0 Å². The second-order valence-corrected chi connectivity index (χ2v) is 6.18. The second-order valence-electron chi connectivity index (χ2n) is 6.18. The zero-order chi connectivity index (χ0) is 13.5. The Morgan fingerprint density at radius 2 is 2.10 bits per heavy atom. The molecule has 3 nitrogen and oxygen atoms in total. The highest BCUT2D eigenvalue weighted by atomic mass is 16.2. The van der Waals surface area contributed by atoms with Crippen LogP contribution >= 0.6 is 0 Å². The molecule has 1 aromatic carbocycles. The third-order valence-electron chi connectivity index (χ3n) is 4.97. The first kappa shape index (κ1) is 12.2. The fourth-order valence-corrected chi connectivity index (χ4v) is 3.95. The number of anilines is 1. The van der Waals surface area contributed by atoms with E-state index in [0.717, 1.165) is 31.7 Å². The molecule has 3 aliphatic rings. The molecular formula is C17H20N2O. The molecule has 1 saturated carbocycles. The van der Waals surface area contributed by atoms with E-state index in [4.69, 9.17) is 0 Å². The minimum absolute atomic E-state index is 0.205. The molecule has 20 heavy (non-hydrogen) atoms. The summed E-state index contributed by atoms with van der Waals surface area (Å²) in [5, 5.41) is 3.40. The van der Waals surface area contributed by atoms with Crippen molar-refractivity contribution in [2.24, 2.45) is 17.8 Å². The highest BCUT2D eigenvalue weighted by molar-refractivity contribution is 5.96. The molecule has 1 heterocycles. The summed E-state index contributed by atoms with van der Waals surface area (Å²) in [6.07, 6.45) is 6.79. The lowest BCUT2D eigenvalue weighted by Crippen LogP contribution is -2.40. The number of allylic oxidation sites excluding steroid dienone is 2. The zero-order valence-electron chi connectivity index (χ0n) is 11.6. The average Bonchev–Trinajstić information content (AvgIpc) is 3.04. The van der Waals surface area contributed by atoms with Crippen molar-refractivity contribution >= 4 is 11.6 Å². The topological polar surface area (TPSA) is 32.3 Å². The van der Waals surface area contributed by atoms with Crippen molar-refractivity contribution in [2.45, 2.75) is 19.4 Å². The van der Waals surface area contributed by atoms with Crippen molar-refractivity contribution in [1.82, 2.24) is 5.32 Å². The van der Waals surface area contributed by atoms with Crippen LogP contribution in [0.4, 0.5) is 5.69 Å². The Bertz CT molecular complexity index is 566. The second kappa shape index (κ2) is 4.74. The summed E-state index contributed by atoms with van der Waals surface area (Å²) in [5.74, 6) is 1.67. The Morgan fingerprint density at radius 1 is 1.20 bits per heavy atom. The van der Waals surface area contributed by atoms with Gasteiger partial charge in [0.05, 0.1) is 0 Å². The summed E-state index contributed by atoms with van der Waals surface area (Å²) in [6.45, 7) is 2.51. The van der Waals surface area contributed by atoms with Crippen molar-refractivity contribution < 1.29 is 4.79 Å². The van der Waals surface area contributed by atoms with Crippen molar-refractivity contribution in [3.63, 3.8) is 0 Å². The summed E-state index contributed by atoms with van der Waals surface area (Å²) >= 11 is 0. The van der Waals surface area contributed by atoms with Crippen molar-refractivity contribution in [1.29, 1.82) is 0 Å². The molecule has 1 aromatic rings. The van der Waals surface area contributed by atoms with E-state index in [1.54, 1.807) is 0 Å². The highest BCUT2D eigenvalue weighted by Gasteiger charge is 2.42. The molecule has 3 atom stereocenters. The zero-order valence-corrected chi connectivity index (χ0v) is 11.6. The lowest BCUT2D eigenvalue weighted by atomic mass is 9.92. The van der Waals surface area contributed by atoms with E-state index in [9.17, 15) is 4.79 Å². The quantitative estimate of drug-likeness (QED) is 0.793. The molecule has 1 aliphatic heterocycles. The van der Waals surface area contributed by atoms with Crippen LogP contribution in [0.3, 0.4) is 0 Å². The number of hydrogen-bond donors (Lipinski definition) is 1. The standard InChI is InChI=1S/C17H20N2O/c20-17(15-10-12-5-6-13(15)9-12)19-8-7-18-11-14-3-1-2-4-16(14)19/h1-6,12-13,15,18H,7-11H2. The molecule has 1 fully saturated rings. The van der Waals surface area contributed by atoms with Crippen LogP contribution in [-0.2, 0) is 11.3 Å². The Morgan fingerprint density at radius 3 is 2.90 bits per heavy atom. The minimum atomic E-state index is 0.205. The predicted molar refractivity (Wildman–Crippen MR) is 79.3 cm³/mol. The number of rotatable bonds is 1. The van der Waals surface area contributed by atoms with Crippen molar-refractivity contribution in [3.05, 3.63) is 42.0 Å². The summed E-state index contributed by atoms with van der Waals surface area (Å²) in [5.41, 5.74) is 2.34. The van der Waals surface area contributed by atoms with Gasteiger partial charge in [-0.25, -0.2) is 0 Å². The molecular weight excluding hydrogens is 248 g/mol. The first-order valence-corrected chi connectivity index (χ1v) is 7.61. The van der Waals surface area contributed by atoms with Crippen LogP contribution in [-0.4, -0.2) is 19.0 Å². The first-order valence-electron chi connectivity index (χ1n) is 7.61. The predicted octanol–water partition coefficient (Wildman–Crippen LogP) is 2.33. The SMILES string of the molecule is O=C(C1CC2C=CC1C2)N1CCNCc2ccccc21. The van der Waals surface area contributed by atoms with Gasteiger partial charge in [0, 0.05) is 31.2 Å². The van der Waals surface area contributed by atoms with Gasteiger partial charge in [0.25, 0.3) is 0 Å². The number of fused-ring (bicyclic) bond motifs is 3. The Kier molecular flexibility index (Phi) is 2.88. The van der Waals surface area contributed by atoms with Gasteiger partial charge in [0.15, 0.2) is 0 Å². The summed E-state index contributed by atoms with van der Waals surface area (Å²) < 4.78 is 0. The Balaban J connectivity index is 1.64. The molecule has 2 bridgehead atoms. The fraction of sp³-hybridized carbons (Fsp3) is 0.471. The van der Waals surface area contributed by atoms with Crippen molar-refractivity contribution in [2.75, 3.05) is 18.0 Å².